The van der Waals surface area contributed by atoms with Crippen LogP contribution in [0.25, 0.3) is 0 Å². The van der Waals surface area contributed by atoms with Crippen LogP contribution in [0, 0.1) is 6.92 Å². The van der Waals surface area contributed by atoms with Crippen LogP contribution in [0.3, 0.4) is 0 Å². The first kappa shape index (κ1) is 19.9. The normalized spacial score (nSPS) is 13.9. The minimum absolute atomic E-state index is 0.137. The van der Waals surface area contributed by atoms with Gasteiger partial charge in [-0.25, -0.2) is 4.79 Å². The average Bonchev–Trinajstić information content (AvgIpc) is 2.71. The second-order valence-electron chi connectivity index (χ2n) is 7.24. The Morgan fingerprint density at radius 3 is 2.57 bits per heavy atom. The Kier molecular flexibility index (Phi) is 6.69. The Balaban J connectivity index is 1.43. The number of carbonyl (C=O) groups excluding carboxylic acids is 2. The smallest absolute Gasteiger partial charge is 0.344 e. The van der Waals surface area contributed by atoms with Crippen molar-refractivity contribution >= 4 is 11.9 Å². The third kappa shape index (κ3) is 5.35. The molecule has 0 saturated heterocycles. The summed E-state index contributed by atoms with van der Waals surface area (Å²) in [4.78, 5) is 23.9. The predicted molar refractivity (Wildman–Crippen MR) is 107 cm³/mol. The van der Waals surface area contributed by atoms with Gasteiger partial charge in [-0.2, -0.15) is 0 Å². The summed E-state index contributed by atoms with van der Waals surface area (Å²) in [6.07, 6.45) is 4.70. The van der Waals surface area contributed by atoms with Crippen LogP contribution in [0.1, 0.15) is 48.1 Å². The predicted octanol–water partition coefficient (Wildman–Crippen LogP) is 3.67. The maximum absolute atomic E-state index is 12.1. The molecule has 148 valence electrons. The molecule has 0 fully saturated rings. The highest BCUT2D eigenvalue weighted by Gasteiger charge is 2.15. The van der Waals surface area contributed by atoms with Crippen molar-refractivity contribution in [1.82, 2.24) is 5.32 Å². The minimum atomic E-state index is -0.570. The lowest BCUT2D eigenvalue weighted by Gasteiger charge is -2.20. The van der Waals surface area contributed by atoms with Gasteiger partial charge in [0.2, 0.25) is 0 Å². The number of carbonyl (C=O) groups is 2. The molecule has 5 heteroatoms. The van der Waals surface area contributed by atoms with Crippen LogP contribution >= 0.6 is 0 Å². The SMILES string of the molecule is Cc1ccccc1OCC(=O)OCC(=O)NC(C)c1ccc2c(c1)CCCC2. The second kappa shape index (κ2) is 9.40. The van der Waals surface area contributed by atoms with Crippen molar-refractivity contribution in [2.75, 3.05) is 13.2 Å². The number of hydrogen-bond donors (Lipinski definition) is 1. The highest BCUT2D eigenvalue weighted by molar-refractivity contribution is 5.81. The van der Waals surface area contributed by atoms with E-state index in [1.54, 1.807) is 6.07 Å². The van der Waals surface area contributed by atoms with Crippen molar-refractivity contribution in [2.45, 2.75) is 45.6 Å². The van der Waals surface area contributed by atoms with E-state index in [-0.39, 0.29) is 25.2 Å². The zero-order chi connectivity index (χ0) is 19.9. The number of nitrogens with one attached hydrogen (secondary N) is 1. The summed E-state index contributed by atoms with van der Waals surface area (Å²) in [5, 5.41) is 2.88. The lowest BCUT2D eigenvalue weighted by molar-refractivity contribution is -0.150. The standard InChI is InChI=1S/C23H27NO4/c1-16-7-3-6-10-21(16)27-15-23(26)28-14-22(25)24-17(2)19-12-11-18-8-4-5-9-20(18)13-19/h3,6-7,10-13,17H,4-5,8-9,14-15H2,1-2H3,(H,24,25). The monoisotopic (exact) mass is 381 g/mol. The van der Waals surface area contributed by atoms with Crippen LogP contribution in [0.5, 0.6) is 5.75 Å². The molecule has 0 radical (unpaired) electrons. The Morgan fingerprint density at radius 2 is 1.79 bits per heavy atom. The molecule has 28 heavy (non-hydrogen) atoms. The molecule has 2 aromatic rings. The van der Waals surface area contributed by atoms with E-state index < -0.39 is 5.97 Å². The molecule has 5 nitrogen and oxygen atoms in total. The van der Waals surface area contributed by atoms with Gasteiger partial charge in [0.15, 0.2) is 13.2 Å². The molecule has 0 heterocycles. The quantitative estimate of drug-likeness (QED) is 0.743. The maximum atomic E-state index is 12.1. The molecule has 3 rings (SSSR count). The van der Waals surface area contributed by atoms with Crippen LogP contribution < -0.4 is 10.1 Å². The fraction of sp³-hybridized carbons (Fsp3) is 0.391. The van der Waals surface area contributed by atoms with Crippen molar-refractivity contribution in [3.05, 3.63) is 64.7 Å². The van der Waals surface area contributed by atoms with Crippen molar-refractivity contribution in [3.63, 3.8) is 0 Å². The third-order valence-electron chi connectivity index (χ3n) is 5.05. The summed E-state index contributed by atoms with van der Waals surface area (Å²) in [6.45, 7) is 3.30. The molecule has 1 aliphatic rings. The number of para-hydroxylation sites is 1. The number of esters is 1. The molecule has 0 aliphatic heterocycles. The molecule has 0 bridgehead atoms. The van der Waals surface area contributed by atoms with E-state index in [9.17, 15) is 9.59 Å². The number of fused-ring (bicyclic) bond motifs is 1. The summed E-state index contributed by atoms with van der Waals surface area (Å²) < 4.78 is 10.4. The first-order chi connectivity index (χ1) is 13.5. The van der Waals surface area contributed by atoms with Gasteiger partial charge in [-0.05, 0) is 67.9 Å². The number of ether oxygens (including phenoxy) is 2. The van der Waals surface area contributed by atoms with Crippen LogP contribution in [0.4, 0.5) is 0 Å². The zero-order valence-electron chi connectivity index (χ0n) is 16.5. The number of hydrogen-bond acceptors (Lipinski definition) is 4. The Bertz CT molecular complexity index is 846. The average molecular weight is 381 g/mol. The minimum Gasteiger partial charge on any atom is -0.482 e. The highest BCUT2D eigenvalue weighted by atomic mass is 16.6. The molecule has 0 saturated carbocycles. The number of amides is 1. The zero-order valence-corrected chi connectivity index (χ0v) is 16.5. The van der Waals surface area contributed by atoms with Gasteiger partial charge in [0, 0.05) is 0 Å². The highest BCUT2D eigenvalue weighted by Crippen LogP contribution is 2.24. The van der Waals surface area contributed by atoms with Gasteiger partial charge in [-0.15, -0.1) is 0 Å². The van der Waals surface area contributed by atoms with Crippen LogP contribution in [0.2, 0.25) is 0 Å². The van der Waals surface area contributed by atoms with Crippen LogP contribution in [-0.4, -0.2) is 25.1 Å². The van der Waals surface area contributed by atoms with Gasteiger partial charge in [-0.1, -0.05) is 36.4 Å². The van der Waals surface area contributed by atoms with E-state index >= 15 is 0 Å². The summed E-state index contributed by atoms with van der Waals surface area (Å²) >= 11 is 0. The third-order valence-corrected chi connectivity index (χ3v) is 5.05. The van der Waals surface area contributed by atoms with Crippen LogP contribution in [-0.2, 0) is 27.2 Å². The molecule has 0 spiro atoms. The molecular formula is C23H27NO4. The topological polar surface area (TPSA) is 64.6 Å². The van der Waals surface area contributed by atoms with Gasteiger partial charge >= 0.3 is 5.97 Å². The van der Waals surface area contributed by atoms with Gasteiger partial charge in [0.1, 0.15) is 5.75 Å². The van der Waals surface area contributed by atoms with E-state index in [1.165, 1.54) is 24.0 Å². The summed E-state index contributed by atoms with van der Waals surface area (Å²) in [5.41, 5.74) is 4.80. The fourth-order valence-electron chi connectivity index (χ4n) is 3.43. The first-order valence-electron chi connectivity index (χ1n) is 9.78. The molecule has 2 aromatic carbocycles. The lowest BCUT2D eigenvalue weighted by atomic mass is 9.89. The van der Waals surface area contributed by atoms with Gasteiger partial charge < -0.3 is 14.8 Å². The molecule has 1 N–H and O–H groups in total. The largest absolute Gasteiger partial charge is 0.482 e. The van der Waals surface area contributed by atoms with E-state index in [1.807, 2.05) is 32.0 Å². The maximum Gasteiger partial charge on any atom is 0.344 e. The lowest BCUT2D eigenvalue weighted by Crippen LogP contribution is -2.32. The molecule has 0 aromatic heterocycles. The van der Waals surface area contributed by atoms with Crippen molar-refractivity contribution in [3.8, 4) is 5.75 Å². The molecule has 1 aliphatic carbocycles. The Morgan fingerprint density at radius 1 is 1.04 bits per heavy atom. The van der Waals surface area contributed by atoms with Crippen molar-refractivity contribution in [2.24, 2.45) is 0 Å². The van der Waals surface area contributed by atoms with E-state index in [2.05, 4.69) is 23.5 Å². The van der Waals surface area contributed by atoms with Crippen molar-refractivity contribution < 1.29 is 19.1 Å². The van der Waals surface area contributed by atoms with Crippen molar-refractivity contribution in [1.29, 1.82) is 0 Å². The summed E-state index contributed by atoms with van der Waals surface area (Å²) in [7, 11) is 0. The summed E-state index contributed by atoms with van der Waals surface area (Å²) in [6, 6.07) is 13.7. The van der Waals surface area contributed by atoms with Crippen LogP contribution in [0.15, 0.2) is 42.5 Å². The van der Waals surface area contributed by atoms with E-state index in [4.69, 9.17) is 9.47 Å². The van der Waals surface area contributed by atoms with E-state index in [0.717, 1.165) is 24.0 Å². The molecule has 1 amide bonds. The fourth-order valence-corrected chi connectivity index (χ4v) is 3.43. The first-order valence-corrected chi connectivity index (χ1v) is 9.78. The Hall–Kier alpha value is -2.82. The van der Waals surface area contributed by atoms with Gasteiger partial charge in [-0.3, -0.25) is 4.79 Å². The molecule has 1 unspecified atom stereocenters. The molecular weight excluding hydrogens is 354 g/mol. The second-order valence-corrected chi connectivity index (χ2v) is 7.24. The van der Waals surface area contributed by atoms with Gasteiger partial charge in [0.25, 0.3) is 5.91 Å². The molecule has 1 atom stereocenters. The van der Waals surface area contributed by atoms with E-state index in [0.29, 0.717) is 5.75 Å². The van der Waals surface area contributed by atoms with Gasteiger partial charge in [0.05, 0.1) is 6.04 Å². The number of rotatable bonds is 7. The Labute approximate surface area is 166 Å². The number of aryl methyl sites for hydroxylation is 3. The number of benzene rings is 2. The summed E-state index contributed by atoms with van der Waals surface area (Å²) in [5.74, 6) is -0.265.